The van der Waals surface area contributed by atoms with Gasteiger partial charge in [-0.05, 0) is 94.6 Å². The van der Waals surface area contributed by atoms with Gasteiger partial charge in [0.2, 0.25) is 0 Å². The first-order valence-corrected chi connectivity index (χ1v) is 19.5. The number of tetrazole rings is 1. The zero-order chi connectivity index (χ0) is 38.4. The van der Waals surface area contributed by atoms with Crippen molar-refractivity contribution >= 4 is 11.2 Å². The largest absolute Gasteiger partial charge is 0.390 e. The first-order valence-electron chi connectivity index (χ1n) is 19.5. The Morgan fingerprint density at radius 2 is 1.34 bits per heavy atom. The summed E-state index contributed by atoms with van der Waals surface area (Å²) in [6.45, 7) is 7.92. The van der Waals surface area contributed by atoms with E-state index in [1.54, 1.807) is 0 Å². The maximum Gasteiger partial charge on any atom is 0.184 e. The van der Waals surface area contributed by atoms with Crippen molar-refractivity contribution in [2.75, 3.05) is 0 Å². The lowest BCUT2D eigenvalue weighted by Gasteiger charge is -2.36. The van der Waals surface area contributed by atoms with Gasteiger partial charge < -0.3 is 9.67 Å². The third-order valence-electron chi connectivity index (χ3n) is 11.2. The Morgan fingerprint density at radius 3 is 1.95 bits per heavy atom. The number of fused-ring (bicyclic) bond motifs is 2. The lowest BCUT2D eigenvalue weighted by Crippen LogP contribution is -2.39. The molecule has 1 aliphatic carbocycles. The molecule has 8 nitrogen and oxygen atoms in total. The Labute approximate surface area is 327 Å². The van der Waals surface area contributed by atoms with E-state index in [4.69, 9.17) is 20.3 Å². The van der Waals surface area contributed by atoms with Crippen LogP contribution in [0.3, 0.4) is 0 Å². The second-order valence-corrected chi connectivity index (χ2v) is 15.6. The van der Waals surface area contributed by atoms with Gasteiger partial charge in [0, 0.05) is 24.1 Å². The molecule has 0 spiro atoms. The number of hydrogen-bond donors (Lipinski definition) is 1. The van der Waals surface area contributed by atoms with Gasteiger partial charge in [0.1, 0.15) is 16.9 Å². The third-order valence-corrected chi connectivity index (χ3v) is 11.2. The number of hydrogen-bond acceptors (Lipinski definition) is 6. The van der Waals surface area contributed by atoms with Crippen molar-refractivity contribution in [2.45, 2.75) is 70.6 Å². The predicted octanol–water partition coefficient (Wildman–Crippen LogP) is 9.31. The number of nitrogens with zero attached hydrogens (tertiary/aromatic N) is 7. The zero-order valence-electron chi connectivity index (χ0n) is 32.3. The van der Waals surface area contributed by atoms with Crippen LogP contribution in [0.5, 0.6) is 0 Å². The summed E-state index contributed by atoms with van der Waals surface area (Å²) in [7, 11) is 0. The normalized spacial score (nSPS) is 14.3. The van der Waals surface area contributed by atoms with Gasteiger partial charge in [0.25, 0.3) is 0 Å². The molecule has 5 aromatic carbocycles. The summed E-state index contributed by atoms with van der Waals surface area (Å²) in [5, 5.41) is 24.6. The molecule has 0 bridgehead atoms. The van der Waals surface area contributed by atoms with Crippen molar-refractivity contribution < 1.29 is 5.11 Å². The Bertz CT molecular complexity index is 2560. The van der Waals surface area contributed by atoms with Gasteiger partial charge in [0.05, 0.1) is 11.6 Å². The highest BCUT2D eigenvalue weighted by atomic mass is 16.3. The molecular formula is C48H45N7O. The molecule has 0 unspecified atom stereocenters. The lowest BCUT2D eigenvalue weighted by atomic mass is 9.77. The molecule has 56 heavy (non-hydrogen) atoms. The molecule has 1 atom stereocenters. The minimum atomic E-state index is -0.857. The topological polar surface area (TPSA) is 94.5 Å². The third kappa shape index (κ3) is 6.01. The number of aliphatic hydroxyl groups is 1. The van der Waals surface area contributed by atoms with Crippen LogP contribution in [0, 0.1) is 6.92 Å². The van der Waals surface area contributed by atoms with Gasteiger partial charge in [-0.15, -0.1) is 5.10 Å². The van der Waals surface area contributed by atoms with E-state index in [0.29, 0.717) is 12.2 Å². The van der Waals surface area contributed by atoms with Gasteiger partial charge in [-0.1, -0.05) is 140 Å². The highest BCUT2D eigenvalue weighted by molar-refractivity contribution is 5.82. The highest BCUT2D eigenvalue weighted by Crippen LogP contribution is 2.45. The van der Waals surface area contributed by atoms with Crippen LogP contribution in [0.4, 0.5) is 0 Å². The molecule has 9 rings (SSSR count). The summed E-state index contributed by atoms with van der Waals surface area (Å²) in [6.07, 6.45) is 3.19. The molecule has 278 valence electrons. The summed E-state index contributed by atoms with van der Waals surface area (Å²) in [6, 6.07) is 49.1. The molecule has 0 fully saturated rings. The van der Waals surface area contributed by atoms with Crippen molar-refractivity contribution in [3.63, 3.8) is 0 Å². The number of benzene rings is 5. The first kappa shape index (κ1) is 35.5. The van der Waals surface area contributed by atoms with Crippen molar-refractivity contribution in [1.82, 2.24) is 34.7 Å². The van der Waals surface area contributed by atoms with E-state index in [0.717, 1.165) is 80.9 Å². The van der Waals surface area contributed by atoms with E-state index in [9.17, 15) is 5.11 Å². The van der Waals surface area contributed by atoms with Crippen molar-refractivity contribution in [2.24, 2.45) is 0 Å². The number of aryl methyl sites for hydroxylation is 3. The van der Waals surface area contributed by atoms with Crippen molar-refractivity contribution in [1.29, 1.82) is 0 Å². The summed E-state index contributed by atoms with van der Waals surface area (Å²) in [5.74, 6) is 1.71. The van der Waals surface area contributed by atoms with Gasteiger partial charge >= 0.3 is 0 Å². The number of pyridine rings is 1. The molecule has 8 heteroatoms. The predicted molar refractivity (Wildman–Crippen MR) is 221 cm³/mol. The number of rotatable bonds is 10. The summed E-state index contributed by atoms with van der Waals surface area (Å²) in [5.41, 5.74) is 11.0. The van der Waals surface area contributed by atoms with Crippen LogP contribution in [-0.2, 0) is 24.8 Å². The lowest BCUT2D eigenvalue weighted by molar-refractivity contribution is 0.0800. The summed E-state index contributed by atoms with van der Waals surface area (Å²) in [4.78, 5) is 10.2. The van der Waals surface area contributed by atoms with E-state index in [1.807, 2.05) is 36.7 Å². The standard InChI is InChI=1S/C48H45N7O/c1-5-43-50-44-32(2)29-38(31-47(3,4)56)49-46(44)54(43)42-28-26-34-30-33(25-27-40(34)42)39-23-15-16-24-41(39)45-51-52-53-55(45)48(35-17-9-6-10-18-35,36-19-11-7-12-20-36)37-21-13-8-14-22-37/h6-25,27,29-30,42,56H,5,26,28,31H2,1-4H3/t42-/m0/s1. The Morgan fingerprint density at radius 1 is 0.732 bits per heavy atom. The van der Waals surface area contributed by atoms with Gasteiger partial charge in [0.15, 0.2) is 11.5 Å². The molecule has 0 aliphatic heterocycles. The van der Waals surface area contributed by atoms with Gasteiger partial charge in [-0.3, -0.25) is 0 Å². The fraction of sp³-hybridized carbons (Fsp3) is 0.229. The number of aromatic nitrogens is 7. The molecular weight excluding hydrogens is 691 g/mol. The Balaban J connectivity index is 1.17. The highest BCUT2D eigenvalue weighted by Gasteiger charge is 2.42. The summed E-state index contributed by atoms with van der Waals surface area (Å²) < 4.78 is 4.37. The minimum absolute atomic E-state index is 0.120. The molecule has 3 heterocycles. The minimum Gasteiger partial charge on any atom is -0.390 e. The summed E-state index contributed by atoms with van der Waals surface area (Å²) >= 11 is 0. The quantitative estimate of drug-likeness (QED) is 0.141. The maximum atomic E-state index is 10.6. The monoisotopic (exact) mass is 735 g/mol. The molecule has 3 aromatic heterocycles. The molecule has 0 radical (unpaired) electrons. The average Bonchev–Trinajstić information content (AvgIpc) is 3.96. The van der Waals surface area contributed by atoms with E-state index >= 15 is 0 Å². The van der Waals surface area contributed by atoms with E-state index < -0.39 is 11.1 Å². The Hall–Kier alpha value is -6.25. The van der Waals surface area contributed by atoms with E-state index in [2.05, 4.69) is 145 Å². The maximum absolute atomic E-state index is 10.6. The second-order valence-electron chi connectivity index (χ2n) is 15.6. The molecule has 0 amide bonds. The second kappa shape index (κ2) is 14.1. The van der Waals surface area contributed by atoms with Crippen LogP contribution in [0.15, 0.2) is 140 Å². The van der Waals surface area contributed by atoms with Crippen molar-refractivity contribution in [3.8, 4) is 22.5 Å². The first-order chi connectivity index (χ1) is 27.3. The van der Waals surface area contributed by atoms with E-state index in [1.165, 1.54) is 11.1 Å². The molecule has 8 aromatic rings. The van der Waals surface area contributed by atoms with Gasteiger partial charge in [-0.25, -0.2) is 14.6 Å². The van der Waals surface area contributed by atoms with Crippen LogP contribution in [0.2, 0.25) is 0 Å². The molecule has 1 aliphatic rings. The van der Waals surface area contributed by atoms with Crippen LogP contribution in [0.1, 0.15) is 78.1 Å². The Kier molecular flexibility index (Phi) is 8.93. The SMILES string of the molecule is CCc1nc2c(C)cc(CC(C)(C)O)nc2n1[C@H]1CCc2cc(-c3ccccc3-c3nnnn3C(c3ccccc3)(c3ccccc3)c3ccccc3)ccc21. The molecule has 0 saturated heterocycles. The van der Waals surface area contributed by atoms with Crippen LogP contribution >= 0.6 is 0 Å². The van der Waals surface area contributed by atoms with Crippen molar-refractivity contribution in [3.05, 3.63) is 184 Å². The van der Waals surface area contributed by atoms with E-state index in [-0.39, 0.29) is 6.04 Å². The van der Waals surface area contributed by atoms with Gasteiger partial charge in [-0.2, -0.15) is 0 Å². The molecule has 0 saturated carbocycles. The molecule has 1 N–H and O–H groups in total. The average molecular weight is 736 g/mol. The van der Waals surface area contributed by atoms with Crippen LogP contribution in [-0.4, -0.2) is 45.4 Å². The smallest absolute Gasteiger partial charge is 0.184 e. The zero-order valence-corrected chi connectivity index (χ0v) is 32.3. The fourth-order valence-corrected chi connectivity index (χ4v) is 8.88. The number of imidazole rings is 1. The van der Waals surface area contributed by atoms with Crippen LogP contribution < -0.4 is 0 Å². The fourth-order valence-electron chi connectivity index (χ4n) is 8.88. The van der Waals surface area contributed by atoms with Crippen LogP contribution in [0.25, 0.3) is 33.7 Å².